The zero-order valence-electron chi connectivity index (χ0n) is 28.4. The SMILES string of the molecule is COC(=O)CCCCN(CCc1ccccc1OCc1ccc(CCc2ccccc2)cc1)Cc1ccc(C(=O)OC(C)(C)C)cc1. The molecular formula is C41H49NO5. The van der Waals surface area contributed by atoms with Gasteiger partial charge in [-0.2, -0.15) is 0 Å². The molecule has 0 heterocycles. The molecule has 47 heavy (non-hydrogen) atoms. The van der Waals surface area contributed by atoms with Crippen LogP contribution in [0.4, 0.5) is 0 Å². The molecule has 4 aromatic carbocycles. The maximum atomic E-state index is 12.5. The maximum Gasteiger partial charge on any atom is 0.338 e. The fourth-order valence-corrected chi connectivity index (χ4v) is 5.34. The molecule has 4 aromatic rings. The summed E-state index contributed by atoms with van der Waals surface area (Å²) in [6, 6.07) is 35.2. The van der Waals surface area contributed by atoms with E-state index in [1.807, 2.05) is 57.2 Å². The average molecular weight is 636 g/mol. The third kappa shape index (κ3) is 12.7. The standard InChI is InChI=1S/C41H49NO5/c1-41(2,3)47-40(44)37-25-23-34(24-26-37)30-42(28-11-10-16-39(43)45-4)29-27-36-14-8-9-15-38(36)46-31-35-21-19-33(20-22-35)18-17-32-12-6-5-7-13-32/h5-9,12-15,19-26H,10-11,16-18,27-31H2,1-4H3. The summed E-state index contributed by atoms with van der Waals surface area (Å²) < 4.78 is 16.7. The van der Waals surface area contributed by atoms with E-state index in [0.717, 1.165) is 74.2 Å². The van der Waals surface area contributed by atoms with Gasteiger partial charge < -0.3 is 14.2 Å². The Morgan fingerprint density at radius 1 is 0.660 bits per heavy atom. The van der Waals surface area contributed by atoms with Crippen molar-refractivity contribution in [3.63, 3.8) is 0 Å². The third-order valence-corrected chi connectivity index (χ3v) is 7.96. The fraction of sp³-hybridized carbons (Fsp3) is 0.366. The number of benzene rings is 4. The summed E-state index contributed by atoms with van der Waals surface area (Å²) in [7, 11) is 1.43. The van der Waals surface area contributed by atoms with E-state index < -0.39 is 5.60 Å². The van der Waals surface area contributed by atoms with Gasteiger partial charge in [-0.25, -0.2) is 4.79 Å². The number of nitrogens with zero attached hydrogens (tertiary/aromatic N) is 1. The van der Waals surface area contributed by atoms with Gasteiger partial charge in [0.05, 0.1) is 12.7 Å². The van der Waals surface area contributed by atoms with E-state index in [4.69, 9.17) is 14.2 Å². The summed E-state index contributed by atoms with van der Waals surface area (Å²) in [5, 5.41) is 0. The van der Waals surface area contributed by atoms with E-state index in [1.54, 1.807) is 0 Å². The van der Waals surface area contributed by atoms with Crippen LogP contribution in [0.2, 0.25) is 0 Å². The Morgan fingerprint density at radius 3 is 1.96 bits per heavy atom. The largest absolute Gasteiger partial charge is 0.489 e. The number of aryl methyl sites for hydroxylation is 2. The Hall–Kier alpha value is -4.42. The number of hydrogen-bond donors (Lipinski definition) is 0. The van der Waals surface area contributed by atoms with Crippen LogP contribution in [-0.2, 0) is 46.7 Å². The van der Waals surface area contributed by atoms with Crippen LogP contribution >= 0.6 is 0 Å². The van der Waals surface area contributed by atoms with Crippen LogP contribution in [0, 0.1) is 0 Å². The van der Waals surface area contributed by atoms with Gasteiger partial charge in [0.1, 0.15) is 18.0 Å². The van der Waals surface area contributed by atoms with E-state index in [9.17, 15) is 9.59 Å². The molecule has 0 atom stereocenters. The predicted octanol–water partition coefficient (Wildman–Crippen LogP) is 8.39. The fourth-order valence-electron chi connectivity index (χ4n) is 5.34. The first-order valence-corrected chi connectivity index (χ1v) is 16.6. The van der Waals surface area contributed by atoms with E-state index in [-0.39, 0.29) is 11.9 Å². The molecule has 6 heteroatoms. The minimum absolute atomic E-state index is 0.179. The molecule has 0 aliphatic heterocycles. The third-order valence-electron chi connectivity index (χ3n) is 7.96. The van der Waals surface area contributed by atoms with Crippen LogP contribution in [0.3, 0.4) is 0 Å². The van der Waals surface area contributed by atoms with Crippen LogP contribution in [0.5, 0.6) is 5.75 Å². The Bertz CT molecular complexity index is 1530. The van der Waals surface area contributed by atoms with Crippen molar-refractivity contribution in [3.05, 3.63) is 137 Å². The lowest BCUT2D eigenvalue weighted by atomic mass is 10.0. The van der Waals surface area contributed by atoms with Gasteiger partial charge in [-0.1, -0.05) is 84.9 Å². The molecule has 0 aliphatic rings. The van der Waals surface area contributed by atoms with Gasteiger partial charge in [0.2, 0.25) is 0 Å². The topological polar surface area (TPSA) is 65.1 Å². The van der Waals surface area contributed by atoms with Crippen molar-refractivity contribution < 1.29 is 23.8 Å². The monoisotopic (exact) mass is 635 g/mol. The molecule has 0 bridgehead atoms. The first-order chi connectivity index (χ1) is 22.7. The second kappa shape index (κ2) is 18.1. The van der Waals surface area contributed by atoms with Crippen molar-refractivity contribution in [2.45, 2.75) is 78.0 Å². The number of carbonyl (C=O) groups excluding carboxylic acids is 2. The van der Waals surface area contributed by atoms with E-state index >= 15 is 0 Å². The Balaban J connectivity index is 1.34. The molecule has 0 spiro atoms. The first-order valence-electron chi connectivity index (χ1n) is 16.6. The van der Waals surface area contributed by atoms with Crippen LogP contribution in [0.15, 0.2) is 103 Å². The zero-order chi connectivity index (χ0) is 33.5. The quantitative estimate of drug-likeness (QED) is 0.0858. The highest BCUT2D eigenvalue weighted by atomic mass is 16.6. The summed E-state index contributed by atoms with van der Waals surface area (Å²) in [5.74, 6) is 0.398. The van der Waals surface area contributed by atoms with Crippen LogP contribution in [0.25, 0.3) is 0 Å². The highest BCUT2D eigenvalue weighted by Crippen LogP contribution is 2.22. The lowest BCUT2D eigenvalue weighted by molar-refractivity contribution is -0.140. The van der Waals surface area contributed by atoms with Crippen molar-refractivity contribution in [1.29, 1.82) is 0 Å². The number of unbranched alkanes of at least 4 members (excludes halogenated alkanes) is 1. The number of methoxy groups -OCH3 is 1. The highest BCUT2D eigenvalue weighted by molar-refractivity contribution is 5.89. The number of rotatable bonds is 17. The molecule has 0 amide bonds. The molecule has 0 saturated heterocycles. The summed E-state index contributed by atoms with van der Waals surface area (Å²) in [4.78, 5) is 26.5. The van der Waals surface area contributed by atoms with Gasteiger partial charge in [0, 0.05) is 19.5 Å². The number of carbonyl (C=O) groups is 2. The lowest BCUT2D eigenvalue weighted by Crippen LogP contribution is -2.27. The normalized spacial score (nSPS) is 11.3. The summed E-state index contributed by atoms with van der Waals surface area (Å²) in [5.41, 5.74) is 6.10. The number of esters is 2. The summed E-state index contributed by atoms with van der Waals surface area (Å²) in [6.07, 6.45) is 4.93. The van der Waals surface area contributed by atoms with Crippen LogP contribution < -0.4 is 4.74 Å². The lowest BCUT2D eigenvalue weighted by Gasteiger charge is -2.23. The minimum atomic E-state index is -0.538. The molecule has 0 unspecified atom stereocenters. The maximum absolute atomic E-state index is 12.5. The van der Waals surface area contributed by atoms with Gasteiger partial charge >= 0.3 is 11.9 Å². The smallest absolute Gasteiger partial charge is 0.338 e. The molecule has 0 aromatic heterocycles. The summed E-state index contributed by atoms with van der Waals surface area (Å²) in [6.45, 7) is 8.50. The van der Waals surface area contributed by atoms with E-state index in [0.29, 0.717) is 18.6 Å². The van der Waals surface area contributed by atoms with Gasteiger partial charge in [-0.3, -0.25) is 9.69 Å². The van der Waals surface area contributed by atoms with Gasteiger partial charge in [-0.15, -0.1) is 0 Å². The van der Waals surface area contributed by atoms with Crippen LogP contribution in [-0.4, -0.2) is 42.6 Å². The van der Waals surface area contributed by atoms with Gasteiger partial charge in [0.25, 0.3) is 0 Å². The number of hydrogen-bond acceptors (Lipinski definition) is 6. The average Bonchev–Trinajstić information content (AvgIpc) is 3.07. The van der Waals surface area contributed by atoms with Crippen molar-refractivity contribution in [2.24, 2.45) is 0 Å². The van der Waals surface area contributed by atoms with Gasteiger partial charge in [-0.05, 0) is 105 Å². The molecule has 6 nitrogen and oxygen atoms in total. The second-order valence-corrected chi connectivity index (χ2v) is 13.0. The Kier molecular flexibility index (Phi) is 13.6. The number of para-hydroxylation sites is 1. The highest BCUT2D eigenvalue weighted by Gasteiger charge is 2.18. The van der Waals surface area contributed by atoms with E-state index in [1.165, 1.54) is 18.2 Å². The Morgan fingerprint density at radius 2 is 1.28 bits per heavy atom. The molecule has 0 radical (unpaired) electrons. The van der Waals surface area contributed by atoms with Crippen molar-refractivity contribution in [3.8, 4) is 5.75 Å². The van der Waals surface area contributed by atoms with Gasteiger partial charge in [0.15, 0.2) is 0 Å². The Labute approximate surface area is 280 Å². The van der Waals surface area contributed by atoms with Crippen molar-refractivity contribution in [2.75, 3.05) is 20.2 Å². The minimum Gasteiger partial charge on any atom is -0.489 e. The molecule has 0 fully saturated rings. The van der Waals surface area contributed by atoms with Crippen LogP contribution in [0.1, 0.15) is 78.2 Å². The second-order valence-electron chi connectivity index (χ2n) is 13.0. The van der Waals surface area contributed by atoms with Crippen molar-refractivity contribution in [1.82, 2.24) is 4.90 Å². The molecule has 0 N–H and O–H groups in total. The number of ether oxygens (including phenoxy) is 3. The molecule has 0 saturated carbocycles. The molecule has 0 aliphatic carbocycles. The summed E-state index contributed by atoms with van der Waals surface area (Å²) >= 11 is 0. The molecule has 248 valence electrons. The van der Waals surface area contributed by atoms with Crippen molar-refractivity contribution >= 4 is 11.9 Å². The molecular weight excluding hydrogens is 586 g/mol. The zero-order valence-corrected chi connectivity index (χ0v) is 28.4. The first kappa shape index (κ1) is 35.4. The predicted molar refractivity (Wildman–Crippen MR) is 188 cm³/mol. The molecule has 4 rings (SSSR count). The van der Waals surface area contributed by atoms with E-state index in [2.05, 4.69) is 71.6 Å².